The summed E-state index contributed by atoms with van der Waals surface area (Å²) in [6, 6.07) is 0. The molecule has 0 saturated carbocycles. The summed E-state index contributed by atoms with van der Waals surface area (Å²) in [6.45, 7) is 5.87. The molecule has 0 aliphatic heterocycles. The summed E-state index contributed by atoms with van der Waals surface area (Å²) in [4.78, 5) is 23.5. The van der Waals surface area contributed by atoms with Gasteiger partial charge in [-0.25, -0.2) is 4.79 Å². The maximum absolute atomic E-state index is 11.2. The van der Waals surface area contributed by atoms with Crippen molar-refractivity contribution in [2.75, 3.05) is 19.7 Å². The summed E-state index contributed by atoms with van der Waals surface area (Å²) >= 11 is 0. The molecule has 7 heteroatoms. The lowest BCUT2D eigenvalue weighted by Gasteiger charge is -2.33. The van der Waals surface area contributed by atoms with Crippen LogP contribution in [0.4, 0.5) is 0 Å². The van der Waals surface area contributed by atoms with Crippen LogP contribution in [0, 0.1) is 0 Å². The Morgan fingerprint density at radius 3 is 2.00 bits per heavy atom. The van der Waals surface area contributed by atoms with Crippen LogP contribution in [0.15, 0.2) is 0 Å². The number of ether oxygens (including phenoxy) is 1. The normalized spacial score (nSPS) is 13.7. The zero-order chi connectivity index (χ0) is 12.8. The molecule has 1 unspecified atom stereocenters. The van der Waals surface area contributed by atoms with Gasteiger partial charge in [-0.15, -0.1) is 0 Å². The fourth-order valence-electron chi connectivity index (χ4n) is 1.48. The van der Waals surface area contributed by atoms with E-state index in [0.29, 0.717) is 13.1 Å². The zero-order valence-electron chi connectivity index (χ0n) is 10.6. The first-order chi connectivity index (χ1) is 7.42. The quantitative estimate of drug-likeness (QED) is 0.436. The van der Waals surface area contributed by atoms with Gasteiger partial charge in [0.2, 0.25) is 5.72 Å². The lowest BCUT2D eigenvalue weighted by molar-refractivity contribution is -0.190. The highest BCUT2D eigenvalue weighted by Gasteiger charge is 2.43. The molecule has 0 aromatic carbocycles. The van der Waals surface area contributed by atoms with Crippen LogP contribution in [0.1, 0.15) is 27.2 Å². The number of nitrogens with zero attached hydrogens (tertiary/aromatic N) is 1. The van der Waals surface area contributed by atoms with E-state index in [0.717, 1.165) is 0 Å². The first-order valence-corrected chi connectivity index (χ1v) is 5.28. The van der Waals surface area contributed by atoms with E-state index >= 15 is 0 Å². The largest absolute Gasteiger partial charge is 0.478 e. The molecule has 0 fully saturated rings. The number of aliphatic hydroxyl groups is 1. The molecule has 0 aliphatic carbocycles. The molecular weight excluding hydrogens is 228 g/mol. The van der Waals surface area contributed by atoms with Crippen LogP contribution in [-0.4, -0.2) is 52.5 Å². The maximum atomic E-state index is 11.2. The molecule has 0 radical (unpaired) electrons. The Morgan fingerprint density at radius 1 is 1.24 bits per heavy atom. The van der Waals surface area contributed by atoms with Gasteiger partial charge >= 0.3 is 11.9 Å². The third-order valence-corrected chi connectivity index (χ3v) is 2.33. The van der Waals surface area contributed by atoms with E-state index in [4.69, 9.17) is 5.11 Å². The molecule has 17 heavy (non-hydrogen) atoms. The Labute approximate surface area is 101 Å². The highest BCUT2D eigenvalue weighted by molar-refractivity contribution is 5.83. The second-order valence-corrected chi connectivity index (χ2v) is 3.28. The van der Waals surface area contributed by atoms with Gasteiger partial charge < -0.3 is 21.1 Å². The zero-order valence-corrected chi connectivity index (χ0v) is 10.6. The van der Waals surface area contributed by atoms with Crippen LogP contribution in [0.2, 0.25) is 0 Å². The Bertz CT molecular complexity index is 255. The van der Waals surface area contributed by atoms with Gasteiger partial charge in [0.1, 0.15) is 0 Å². The van der Waals surface area contributed by atoms with Crippen LogP contribution < -0.4 is 6.15 Å². The van der Waals surface area contributed by atoms with Crippen molar-refractivity contribution in [1.29, 1.82) is 0 Å². The second kappa shape index (κ2) is 7.99. The standard InChI is InChI=1S/C10H19NO5.H3N/c1-4-11(5-2)10(15,9(13)14)7-8(12)16-6-3;/h15H,4-7H2,1-3H3,(H,13,14);1H3. The number of hydrogen-bond donors (Lipinski definition) is 3. The number of carbonyl (C=O) groups is 2. The summed E-state index contributed by atoms with van der Waals surface area (Å²) in [6.07, 6.45) is -0.572. The van der Waals surface area contributed by atoms with E-state index in [9.17, 15) is 14.7 Å². The highest BCUT2D eigenvalue weighted by Crippen LogP contribution is 2.17. The summed E-state index contributed by atoms with van der Waals surface area (Å²) in [5.41, 5.74) is -2.18. The van der Waals surface area contributed by atoms with Crippen molar-refractivity contribution < 1.29 is 24.5 Å². The molecule has 0 amide bonds. The fourth-order valence-corrected chi connectivity index (χ4v) is 1.48. The van der Waals surface area contributed by atoms with Gasteiger partial charge in [0.25, 0.3) is 0 Å². The van der Waals surface area contributed by atoms with Crippen molar-refractivity contribution in [3.8, 4) is 0 Å². The number of carbonyl (C=O) groups excluding carboxylic acids is 1. The molecule has 0 aliphatic rings. The number of esters is 1. The molecule has 0 aromatic rings. The maximum Gasteiger partial charge on any atom is 0.352 e. The predicted octanol–water partition coefficient (Wildman–Crippen LogP) is 0.217. The first kappa shape index (κ1) is 18.2. The van der Waals surface area contributed by atoms with Crippen LogP contribution in [0.3, 0.4) is 0 Å². The van der Waals surface area contributed by atoms with Crippen molar-refractivity contribution in [2.45, 2.75) is 32.9 Å². The van der Waals surface area contributed by atoms with Crippen molar-refractivity contribution in [3.05, 3.63) is 0 Å². The molecular formula is C10H22N2O5. The van der Waals surface area contributed by atoms with Crippen molar-refractivity contribution in [3.63, 3.8) is 0 Å². The van der Waals surface area contributed by atoms with E-state index < -0.39 is 24.1 Å². The summed E-state index contributed by atoms with van der Waals surface area (Å²) in [5, 5.41) is 19.0. The third kappa shape index (κ3) is 4.68. The molecule has 0 spiro atoms. The first-order valence-electron chi connectivity index (χ1n) is 5.28. The van der Waals surface area contributed by atoms with E-state index in [1.165, 1.54) is 4.90 Å². The lowest BCUT2D eigenvalue weighted by atomic mass is 10.1. The van der Waals surface area contributed by atoms with Crippen LogP contribution in [-0.2, 0) is 14.3 Å². The molecule has 0 rings (SSSR count). The monoisotopic (exact) mass is 250 g/mol. The van der Waals surface area contributed by atoms with Crippen LogP contribution in [0.25, 0.3) is 0 Å². The Balaban J connectivity index is 0. The molecule has 1 atom stereocenters. The number of carboxylic acids is 1. The minimum atomic E-state index is -2.18. The minimum absolute atomic E-state index is 0. The molecule has 5 N–H and O–H groups in total. The number of hydrogen-bond acceptors (Lipinski definition) is 6. The third-order valence-electron chi connectivity index (χ3n) is 2.33. The number of carboxylic acid groups (broad SMARTS) is 1. The second-order valence-electron chi connectivity index (χ2n) is 3.28. The van der Waals surface area contributed by atoms with E-state index in [1.54, 1.807) is 20.8 Å². The molecule has 0 heterocycles. The van der Waals surface area contributed by atoms with Crippen LogP contribution in [0.5, 0.6) is 0 Å². The summed E-state index contributed by atoms with van der Waals surface area (Å²) in [7, 11) is 0. The average molecular weight is 250 g/mol. The van der Waals surface area contributed by atoms with Gasteiger partial charge in [0, 0.05) is 0 Å². The summed E-state index contributed by atoms with van der Waals surface area (Å²) < 4.78 is 4.64. The highest BCUT2D eigenvalue weighted by atomic mass is 16.5. The lowest BCUT2D eigenvalue weighted by Crippen LogP contribution is -2.56. The van der Waals surface area contributed by atoms with Gasteiger partial charge in [-0.3, -0.25) is 9.69 Å². The van der Waals surface area contributed by atoms with Gasteiger partial charge in [-0.05, 0) is 20.0 Å². The Morgan fingerprint density at radius 2 is 1.71 bits per heavy atom. The Kier molecular flexibility index (Phi) is 8.55. The fraction of sp³-hybridized carbons (Fsp3) is 0.800. The molecule has 7 nitrogen and oxygen atoms in total. The van der Waals surface area contributed by atoms with Gasteiger partial charge in [-0.1, -0.05) is 13.8 Å². The van der Waals surface area contributed by atoms with E-state index in [2.05, 4.69) is 4.74 Å². The molecule has 0 aromatic heterocycles. The smallest absolute Gasteiger partial charge is 0.352 e. The average Bonchev–Trinajstić information content (AvgIpc) is 2.19. The minimum Gasteiger partial charge on any atom is -0.478 e. The van der Waals surface area contributed by atoms with Gasteiger partial charge in [-0.2, -0.15) is 0 Å². The van der Waals surface area contributed by atoms with E-state index in [-0.39, 0.29) is 12.8 Å². The molecule has 0 bridgehead atoms. The number of likely N-dealkylation sites (N-methyl/N-ethyl adjacent to an activating group) is 1. The van der Waals surface area contributed by atoms with Crippen molar-refractivity contribution in [2.24, 2.45) is 0 Å². The van der Waals surface area contributed by atoms with Gasteiger partial charge in [0.15, 0.2) is 0 Å². The van der Waals surface area contributed by atoms with Crippen molar-refractivity contribution in [1.82, 2.24) is 11.1 Å². The van der Waals surface area contributed by atoms with Crippen molar-refractivity contribution >= 4 is 11.9 Å². The Hall–Kier alpha value is -1.18. The number of aliphatic carboxylic acids is 1. The van der Waals surface area contributed by atoms with Crippen LogP contribution >= 0.6 is 0 Å². The molecule has 102 valence electrons. The van der Waals surface area contributed by atoms with Gasteiger partial charge in [0.05, 0.1) is 13.0 Å². The molecule has 0 saturated heterocycles. The number of rotatable bonds is 7. The predicted molar refractivity (Wildman–Crippen MR) is 61.8 cm³/mol. The SMILES string of the molecule is CCOC(=O)CC(O)(C(=O)O)N(CC)CC.N. The van der Waals surface area contributed by atoms with E-state index in [1.807, 2.05) is 0 Å². The topological polar surface area (TPSA) is 122 Å². The summed E-state index contributed by atoms with van der Waals surface area (Å²) in [5.74, 6) is -2.16.